The number of nitrogens with zero attached hydrogens (tertiary/aromatic N) is 1. The first-order valence-corrected chi connectivity index (χ1v) is 13.9. The first-order chi connectivity index (χ1) is 18.6. The summed E-state index contributed by atoms with van der Waals surface area (Å²) >= 11 is 6.24. The van der Waals surface area contributed by atoms with Gasteiger partial charge >= 0.3 is 5.97 Å². The van der Waals surface area contributed by atoms with E-state index < -0.39 is 16.0 Å². The van der Waals surface area contributed by atoms with Gasteiger partial charge in [0, 0.05) is 16.3 Å². The molecule has 0 heterocycles. The van der Waals surface area contributed by atoms with Crippen molar-refractivity contribution in [2.75, 3.05) is 16.7 Å². The molecule has 0 atom stereocenters. The molecule has 0 aliphatic rings. The zero-order valence-electron chi connectivity index (χ0n) is 21.6. The average molecular weight is 563 g/mol. The molecular formula is C30H27ClN2O5S. The summed E-state index contributed by atoms with van der Waals surface area (Å²) in [4.78, 5) is 25.1. The van der Waals surface area contributed by atoms with Crippen molar-refractivity contribution in [3.8, 4) is 0 Å². The minimum atomic E-state index is -3.92. The van der Waals surface area contributed by atoms with Gasteiger partial charge < -0.3 is 10.1 Å². The van der Waals surface area contributed by atoms with Crippen LogP contribution in [0, 0.1) is 13.8 Å². The fourth-order valence-corrected chi connectivity index (χ4v) is 5.79. The van der Waals surface area contributed by atoms with Crippen LogP contribution in [0.4, 0.5) is 11.4 Å². The molecule has 0 saturated heterocycles. The summed E-state index contributed by atoms with van der Waals surface area (Å²) in [6.07, 6.45) is 0. The minimum absolute atomic E-state index is 0.0284. The Morgan fingerprint density at radius 1 is 0.897 bits per heavy atom. The number of aryl methyl sites for hydroxylation is 1. The quantitative estimate of drug-likeness (QED) is 0.251. The predicted octanol–water partition coefficient (Wildman–Crippen LogP) is 6.39. The molecule has 7 nitrogen and oxygen atoms in total. The summed E-state index contributed by atoms with van der Waals surface area (Å²) < 4.78 is 33.5. The number of halogens is 1. The van der Waals surface area contributed by atoms with Crippen molar-refractivity contribution in [1.29, 1.82) is 0 Å². The van der Waals surface area contributed by atoms with Gasteiger partial charge in [0.05, 0.1) is 29.8 Å². The highest BCUT2D eigenvalue weighted by Crippen LogP contribution is 2.31. The smallest absolute Gasteiger partial charge is 0.338 e. The van der Waals surface area contributed by atoms with Crippen molar-refractivity contribution in [3.05, 3.63) is 124 Å². The van der Waals surface area contributed by atoms with Crippen LogP contribution in [0.3, 0.4) is 0 Å². The Hall–Kier alpha value is -4.14. The van der Waals surface area contributed by atoms with Crippen LogP contribution in [-0.4, -0.2) is 27.4 Å². The monoisotopic (exact) mass is 562 g/mol. The van der Waals surface area contributed by atoms with Crippen molar-refractivity contribution in [2.45, 2.75) is 25.3 Å². The van der Waals surface area contributed by atoms with Gasteiger partial charge in [-0.3, -0.25) is 9.10 Å². The molecule has 1 N–H and O–H groups in total. The van der Waals surface area contributed by atoms with Gasteiger partial charge in [0.2, 0.25) is 0 Å². The molecule has 0 aliphatic carbocycles. The molecule has 200 valence electrons. The number of rotatable bonds is 8. The highest BCUT2D eigenvalue weighted by atomic mass is 35.5. The number of carbonyl (C=O) groups is 2. The molecule has 4 rings (SSSR count). The number of methoxy groups -OCH3 is 1. The van der Waals surface area contributed by atoms with Crippen molar-refractivity contribution in [2.24, 2.45) is 0 Å². The van der Waals surface area contributed by atoms with Crippen LogP contribution in [0.25, 0.3) is 0 Å². The standard InChI is InChI=1S/C30H27ClN2O5S/c1-20-12-17-24(31)18-28(20)33(39(36,37)25-8-5-4-6-9-25)19-22-13-15-23(16-14-22)29(34)32-27-11-7-10-26(21(27)2)30(35)38-3/h4-18H,19H2,1-3H3,(H,32,34). The molecule has 0 aliphatic heterocycles. The summed E-state index contributed by atoms with van der Waals surface area (Å²) in [7, 11) is -2.62. The second-order valence-corrected chi connectivity index (χ2v) is 11.2. The molecule has 4 aromatic rings. The lowest BCUT2D eigenvalue weighted by atomic mass is 10.1. The van der Waals surface area contributed by atoms with Crippen LogP contribution in [0.2, 0.25) is 5.02 Å². The number of hydrogen-bond donors (Lipinski definition) is 1. The van der Waals surface area contributed by atoms with E-state index in [9.17, 15) is 18.0 Å². The molecule has 4 aromatic carbocycles. The molecular weight excluding hydrogens is 536 g/mol. The fourth-order valence-electron chi connectivity index (χ4n) is 4.09. The van der Waals surface area contributed by atoms with Crippen molar-refractivity contribution in [1.82, 2.24) is 0 Å². The Kier molecular flexibility index (Phi) is 8.38. The van der Waals surface area contributed by atoms with Crippen LogP contribution < -0.4 is 9.62 Å². The maximum Gasteiger partial charge on any atom is 0.338 e. The Morgan fingerprint density at radius 2 is 1.59 bits per heavy atom. The number of amides is 1. The molecule has 0 saturated carbocycles. The number of hydrogen-bond acceptors (Lipinski definition) is 5. The lowest BCUT2D eigenvalue weighted by Crippen LogP contribution is -2.31. The molecule has 1 amide bonds. The van der Waals surface area contributed by atoms with Crippen LogP contribution in [0.1, 0.15) is 37.4 Å². The summed E-state index contributed by atoms with van der Waals surface area (Å²) in [5.41, 5.74) is 3.71. The molecule has 9 heteroatoms. The number of anilines is 2. The molecule has 0 radical (unpaired) electrons. The Balaban J connectivity index is 1.61. The van der Waals surface area contributed by atoms with Gasteiger partial charge in [0.15, 0.2) is 0 Å². The van der Waals surface area contributed by atoms with Gasteiger partial charge in [0.25, 0.3) is 15.9 Å². The predicted molar refractivity (Wildman–Crippen MR) is 153 cm³/mol. The maximum absolute atomic E-state index is 13.7. The van der Waals surface area contributed by atoms with E-state index in [1.54, 1.807) is 97.9 Å². The van der Waals surface area contributed by atoms with E-state index in [0.29, 0.717) is 38.7 Å². The topological polar surface area (TPSA) is 92.8 Å². The summed E-state index contributed by atoms with van der Waals surface area (Å²) in [6.45, 7) is 3.58. The number of benzene rings is 4. The van der Waals surface area contributed by atoms with E-state index >= 15 is 0 Å². The van der Waals surface area contributed by atoms with E-state index in [1.165, 1.54) is 11.4 Å². The summed E-state index contributed by atoms with van der Waals surface area (Å²) in [5.74, 6) is -0.857. The zero-order chi connectivity index (χ0) is 28.2. The summed E-state index contributed by atoms with van der Waals surface area (Å²) in [5, 5.41) is 3.24. The van der Waals surface area contributed by atoms with Gasteiger partial charge in [-0.05, 0) is 79.1 Å². The molecule has 39 heavy (non-hydrogen) atoms. The van der Waals surface area contributed by atoms with Gasteiger partial charge in [-0.2, -0.15) is 0 Å². The number of nitrogens with one attached hydrogen (secondary N) is 1. The van der Waals surface area contributed by atoms with Crippen molar-refractivity contribution in [3.63, 3.8) is 0 Å². The van der Waals surface area contributed by atoms with Gasteiger partial charge in [0.1, 0.15) is 0 Å². The van der Waals surface area contributed by atoms with E-state index in [1.807, 2.05) is 6.92 Å². The third-order valence-corrected chi connectivity index (χ3v) is 8.31. The maximum atomic E-state index is 13.7. The third-order valence-electron chi connectivity index (χ3n) is 6.30. The number of carbonyl (C=O) groups excluding carboxylic acids is 2. The summed E-state index contributed by atoms with van der Waals surface area (Å²) in [6, 6.07) is 25.0. The van der Waals surface area contributed by atoms with Crippen molar-refractivity contribution < 1.29 is 22.7 Å². The van der Waals surface area contributed by atoms with Crippen LogP contribution >= 0.6 is 11.6 Å². The normalized spacial score (nSPS) is 11.1. The van der Waals surface area contributed by atoms with Crippen LogP contribution in [0.15, 0.2) is 95.9 Å². The van der Waals surface area contributed by atoms with Gasteiger partial charge in [-0.15, -0.1) is 0 Å². The second-order valence-electron chi connectivity index (χ2n) is 8.88. The van der Waals surface area contributed by atoms with E-state index in [2.05, 4.69) is 5.32 Å². The highest BCUT2D eigenvalue weighted by molar-refractivity contribution is 7.92. The zero-order valence-corrected chi connectivity index (χ0v) is 23.2. The number of sulfonamides is 1. The van der Waals surface area contributed by atoms with E-state index in [0.717, 1.165) is 5.56 Å². The van der Waals surface area contributed by atoms with Crippen LogP contribution in [-0.2, 0) is 21.3 Å². The van der Waals surface area contributed by atoms with Gasteiger partial charge in [-0.1, -0.05) is 54.1 Å². The van der Waals surface area contributed by atoms with Crippen molar-refractivity contribution >= 4 is 44.9 Å². The first kappa shape index (κ1) is 27.9. The molecule has 0 aromatic heterocycles. The Morgan fingerprint density at radius 3 is 2.26 bits per heavy atom. The molecule has 0 fully saturated rings. The Bertz CT molecular complexity index is 1620. The van der Waals surface area contributed by atoms with E-state index in [-0.39, 0.29) is 17.3 Å². The third kappa shape index (κ3) is 6.13. The first-order valence-electron chi connectivity index (χ1n) is 12.0. The average Bonchev–Trinajstić information content (AvgIpc) is 2.94. The fraction of sp³-hybridized carbons (Fsp3) is 0.133. The Labute approximate surface area is 233 Å². The lowest BCUT2D eigenvalue weighted by Gasteiger charge is -2.26. The largest absolute Gasteiger partial charge is 0.465 e. The number of ether oxygens (including phenoxy) is 1. The van der Waals surface area contributed by atoms with Crippen LogP contribution in [0.5, 0.6) is 0 Å². The highest BCUT2D eigenvalue weighted by Gasteiger charge is 2.26. The van der Waals surface area contributed by atoms with Gasteiger partial charge in [-0.25, -0.2) is 13.2 Å². The minimum Gasteiger partial charge on any atom is -0.465 e. The molecule has 0 unspecified atom stereocenters. The molecule has 0 spiro atoms. The SMILES string of the molecule is COC(=O)c1cccc(NC(=O)c2ccc(CN(c3cc(Cl)ccc3C)S(=O)(=O)c3ccccc3)cc2)c1C. The van der Waals surface area contributed by atoms with E-state index in [4.69, 9.17) is 16.3 Å². The number of esters is 1. The second kappa shape index (κ2) is 11.7. The lowest BCUT2D eigenvalue weighted by molar-refractivity contribution is 0.0599. The molecule has 0 bridgehead atoms.